The Morgan fingerprint density at radius 1 is 1.00 bits per heavy atom. The molecule has 2 aromatic carbocycles. The minimum Gasteiger partial charge on any atom is -0.506 e. The number of hydrogen-bond donors (Lipinski definition) is 2. The summed E-state index contributed by atoms with van der Waals surface area (Å²) in [7, 11) is -6.90. The van der Waals surface area contributed by atoms with Gasteiger partial charge in [-0.3, -0.25) is 9.89 Å². The van der Waals surface area contributed by atoms with Crippen molar-refractivity contribution in [3.05, 3.63) is 58.5 Å². The van der Waals surface area contributed by atoms with E-state index in [4.69, 9.17) is 0 Å². The number of phenolic OH excluding ortho intramolecular Hbond substituents is 1. The van der Waals surface area contributed by atoms with Gasteiger partial charge >= 0.3 is 0 Å². The lowest BCUT2D eigenvalue weighted by molar-refractivity contribution is 0.476. The van der Waals surface area contributed by atoms with Crippen LogP contribution in [0.5, 0.6) is 5.75 Å². The van der Waals surface area contributed by atoms with E-state index in [1.165, 1.54) is 41.1 Å². The molecule has 3 rings (SSSR count). The Balaban J connectivity index is 1.97. The predicted octanol–water partition coefficient (Wildman–Crippen LogP) is 3.18. The molecular formula is C20H22N4O6S2. The number of rotatable bonds is 7. The molecule has 0 bridgehead atoms. The highest BCUT2D eigenvalue weighted by Gasteiger charge is 2.16. The Kier molecular flexibility index (Phi) is 6.37. The number of nitrogens with one attached hydrogen (secondary N) is 1. The lowest BCUT2D eigenvalue weighted by atomic mass is 10.3. The van der Waals surface area contributed by atoms with Crippen molar-refractivity contribution in [3.63, 3.8) is 0 Å². The molecule has 2 N–H and O–H groups in total. The van der Waals surface area contributed by atoms with Crippen LogP contribution in [0.4, 0.5) is 11.4 Å². The second-order valence-corrected chi connectivity index (χ2v) is 11.3. The van der Waals surface area contributed by atoms with Gasteiger partial charge in [0.05, 0.1) is 26.9 Å². The van der Waals surface area contributed by atoms with Crippen molar-refractivity contribution < 1.29 is 21.9 Å². The fraction of sp³-hybridized carbons (Fsp3) is 0.250. The van der Waals surface area contributed by atoms with Gasteiger partial charge in [0.15, 0.2) is 25.4 Å². The highest BCUT2D eigenvalue weighted by molar-refractivity contribution is 7.91. The minimum absolute atomic E-state index is 0.0335. The van der Waals surface area contributed by atoms with Gasteiger partial charge in [0, 0.05) is 6.26 Å². The summed E-state index contributed by atoms with van der Waals surface area (Å²) in [4.78, 5) is 12.9. The number of sulfone groups is 2. The smallest absolute Gasteiger partial charge is 0.299 e. The molecule has 0 radical (unpaired) electrons. The van der Waals surface area contributed by atoms with E-state index in [9.17, 15) is 26.7 Å². The summed E-state index contributed by atoms with van der Waals surface area (Å²) in [6, 6.07) is 9.44. The van der Waals surface area contributed by atoms with Crippen LogP contribution in [0.3, 0.4) is 0 Å². The molecule has 170 valence electrons. The average Bonchev–Trinajstić information content (AvgIpc) is 3.00. The number of benzene rings is 2. The summed E-state index contributed by atoms with van der Waals surface area (Å²) >= 11 is 0. The van der Waals surface area contributed by atoms with Crippen molar-refractivity contribution in [1.29, 1.82) is 0 Å². The second-order valence-electron chi connectivity index (χ2n) is 7.16. The first-order valence-corrected chi connectivity index (χ1v) is 13.1. The van der Waals surface area contributed by atoms with Gasteiger partial charge < -0.3 is 5.11 Å². The van der Waals surface area contributed by atoms with Gasteiger partial charge in [0.2, 0.25) is 0 Å². The standard InChI is InChI=1S/C20H22N4O6S2/c1-4-11-32(29,30)15-7-5-14(6-8-15)24-20(26)19(13(2)23-24)22-21-17-12-16(31(3,27)28)9-10-18(17)25/h5-10,12,23,25H,4,11H2,1-3H3. The Bertz CT molecular complexity index is 1450. The van der Waals surface area contributed by atoms with E-state index in [2.05, 4.69) is 15.3 Å². The van der Waals surface area contributed by atoms with Crippen LogP contribution in [0.1, 0.15) is 19.0 Å². The van der Waals surface area contributed by atoms with E-state index >= 15 is 0 Å². The number of phenols is 1. The number of aromatic hydroxyl groups is 1. The Morgan fingerprint density at radius 3 is 2.22 bits per heavy atom. The van der Waals surface area contributed by atoms with Crippen LogP contribution in [0.25, 0.3) is 5.69 Å². The zero-order chi connectivity index (χ0) is 23.7. The van der Waals surface area contributed by atoms with Crippen LogP contribution in [0.2, 0.25) is 0 Å². The fourth-order valence-corrected chi connectivity index (χ4v) is 4.91. The van der Waals surface area contributed by atoms with Gasteiger partial charge in [0.25, 0.3) is 5.56 Å². The van der Waals surface area contributed by atoms with Gasteiger partial charge in [-0.1, -0.05) is 6.92 Å². The largest absolute Gasteiger partial charge is 0.506 e. The summed E-state index contributed by atoms with van der Waals surface area (Å²) in [5.41, 5.74) is 0.0769. The van der Waals surface area contributed by atoms with E-state index < -0.39 is 25.2 Å². The molecule has 0 atom stereocenters. The van der Waals surface area contributed by atoms with E-state index in [-0.39, 0.29) is 32.7 Å². The Hall–Kier alpha value is -3.25. The molecule has 0 aliphatic carbocycles. The summed E-state index contributed by atoms with van der Waals surface area (Å²) < 4.78 is 49.0. The summed E-state index contributed by atoms with van der Waals surface area (Å²) in [5.74, 6) is -0.259. The highest BCUT2D eigenvalue weighted by atomic mass is 32.2. The molecule has 1 heterocycles. The summed E-state index contributed by atoms with van der Waals surface area (Å²) in [5, 5.41) is 20.5. The molecule has 32 heavy (non-hydrogen) atoms. The molecule has 0 aliphatic rings. The molecule has 0 aliphatic heterocycles. The summed E-state index contributed by atoms with van der Waals surface area (Å²) in [6.07, 6.45) is 1.52. The molecule has 10 nitrogen and oxygen atoms in total. The molecule has 1 aromatic heterocycles. The highest BCUT2D eigenvalue weighted by Crippen LogP contribution is 2.30. The molecular weight excluding hydrogens is 456 g/mol. The van der Waals surface area contributed by atoms with Crippen molar-refractivity contribution in [2.24, 2.45) is 10.2 Å². The van der Waals surface area contributed by atoms with Crippen LogP contribution in [0, 0.1) is 6.92 Å². The third kappa shape index (κ3) is 4.81. The lowest BCUT2D eigenvalue weighted by Crippen LogP contribution is -2.14. The lowest BCUT2D eigenvalue weighted by Gasteiger charge is -2.05. The predicted molar refractivity (Wildman–Crippen MR) is 119 cm³/mol. The number of aryl methyl sites for hydroxylation is 1. The zero-order valence-corrected chi connectivity index (χ0v) is 19.2. The van der Waals surface area contributed by atoms with Gasteiger partial charge in [-0.25, -0.2) is 21.5 Å². The molecule has 3 aromatic rings. The molecule has 0 saturated heterocycles. The topological polar surface area (TPSA) is 151 Å². The number of aromatic nitrogens is 2. The maximum absolute atomic E-state index is 12.8. The van der Waals surface area contributed by atoms with Crippen molar-refractivity contribution in [2.45, 2.75) is 30.1 Å². The number of H-pyrrole nitrogens is 1. The fourth-order valence-electron chi connectivity index (χ4n) is 2.94. The molecule has 12 heteroatoms. The van der Waals surface area contributed by atoms with Crippen LogP contribution in [0.15, 0.2) is 67.3 Å². The monoisotopic (exact) mass is 478 g/mol. The van der Waals surface area contributed by atoms with Crippen molar-refractivity contribution in [1.82, 2.24) is 9.78 Å². The van der Waals surface area contributed by atoms with Crippen molar-refractivity contribution in [2.75, 3.05) is 12.0 Å². The Morgan fingerprint density at radius 2 is 1.62 bits per heavy atom. The van der Waals surface area contributed by atoms with E-state index in [0.717, 1.165) is 12.3 Å². The van der Waals surface area contributed by atoms with E-state index in [1.54, 1.807) is 13.8 Å². The normalized spacial score (nSPS) is 12.5. The average molecular weight is 479 g/mol. The number of hydrogen-bond acceptors (Lipinski definition) is 8. The SMILES string of the molecule is CCCS(=O)(=O)c1ccc(-n2[nH]c(C)c(N=Nc3cc(S(C)(=O)=O)ccc3O)c2=O)cc1. The first-order chi connectivity index (χ1) is 14.9. The maximum atomic E-state index is 12.8. The van der Waals surface area contributed by atoms with Crippen molar-refractivity contribution >= 4 is 31.0 Å². The van der Waals surface area contributed by atoms with Gasteiger partial charge in [0.1, 0.15) is 11.4 Å². The third-order valence-electron chi connectivity index (χ3n) is 4.60. The van der Waals surface area contributed by atoms with E-state index in [0.29, 0.717) is 17.8 Å². The van der Waals surface area contributed by atoms with Gasteiger partial charge in [-0.05, 0) is 55.8 Å². The molecule has 0 spiro atoms. The summed E-state index contributed by atoms with van der Waals surface area (Å²) in [6.45, 7) is 3.37. The van der Waals surface area contributed by atoms with Gasteiger partial charge in [-0.2, -0.15) is 0 Å². The molecule has 0 fully saturated rings. The van der Waals surface area contributed by atoms with Crippen molar-refractivity contribution in [3.8, 4) is 11.4 Å². The number of azo groups is 1. The molecule has 0 saturated carbocycles. The molecule has 0 amide bonds. The van der Waals surface area contributed by atoms with Crippen LogP contribution >= 0.6 is 0 Å². The molecule has 0 unspecified atom stereocenters. The first-order valence-electron chi connectivity index (χ1n) is 9.53. The Labute approximate surface area is 185 Å². The zero-order valence-electron chi connectivity index (χ0n) is 17.6. The number of aromatic amines is 1. The minimum atomic E-state index is -3.52. The first kappa shape index (κ1) is 23.4. The quantitative estimate of drug-likeness (QED) is 0.498. The van der Waals surface area contributed by atoms with Crippen LogP contribution in [-0.4, -0.2) is 43.7 Å². The second kappa shape index (κ2) is 8.71. The van der Waals surface area contributed by atoms with Crippen LogP contribution in [-0.2, 0) is 19.7 Å². The van der Waals surface area contributed by atoms with Gasteiger partial charge in [-0.15, -0.1) is 10.2 Å². The maximum Gasteiger partial charge on any atom is 0.299 e. The number of nitrogens with zero attached hydrogens (tertiary/aromatic N) is 3. The third-order valence-corrected chi connectivity index (χ3v) is 7.65. The van der Waals surface area contributed by atoms with E-state index in [1.807, 2.05) is 0 Å². The van der Waals surface area contributed by atoms with Crippen LogP contribution < -0.4 is 5.56 Å².